The molecule has 0 unspecified atom stereocenters. The second-order valence-corrected chi connectivity index (χ2v) is 5.87. The molecule has 0 amide bonds. The molecule has 0 aromatic heterocycles. The molecule has 0 bridgehead atoms. The van der Waals surface area contributed by atoms with E-state index in [9.17, 15) is 0 Å². The van der Waals surface area contributed by atoms with E-state index in [1.54, 1.807) is 7.11 Å². The average Bonchev–Trinajstić information content (AvgIpc) is 3.37. The number of nitrogens with one attached hydrogen (secondary N) is 2. The lowest BCUT2D eigenvalue weighted by Crippen LogP contribution is -2.38. The van der Waals surface area contributed by atoms with Crippen molar-refractivity contribution in [3.8, 4) is 0 Å². The molecule has 1 fully saturated rings. The highest BCUT2D eigenvalue weighted by molar-refractivity contribution is 5.79. The van der Waals surface area contributed by atoms with Crippen LogP contribution >= 0.6 is 0 Å². The fourth-order valence-corrected chi connectivity index (χ4v) is 2.01. The minimum atomic E-state index is 0.667. The fraction of sp³-hybridized carbons (Fsp3) is 0.941. The zero-order valence-electron chi connectivity index (χ0n) is 14.9. The summed E-state index contributed by atoms with van der Waals surface area (Å²) in [5.41, 5.74) is 0. The van der Waals surface area contributed by atoms with E-state index in [1.807, 2.05) is 0 Å². The average molecular weight is 329 g/mol. The summed E-state index contributed by atoms with van der Waals surface area (Å²) in [4.78, 5) is 4.57. The molecule has 0 atom stereocenters. The first kappa shape index (κ1) is 20.2. The number of unbranched alkanes of at least 4 members (excludes halogenated alkanes) is 1. The van der Waals surface area contributed by atoms with Gasteiger partial charge in [0.25, 0.3) is 0 Å². The van der Waals surface area contributed by atoms with Gasteiger partial charge in [0.15, 0.2) is 5.96 Å². The van der Waals surface area contributed by atoms with Crippen LogP contribution in [0.4, 0.5) is 0 Å². The first-order chi connectivity index (χ1) is 11.4. The van der Waals surface area contributed by atoms with E-state index >= 15 is 0 Å². The zero-order chi connectivity index (χ0) is 16.6. The molecule has 1 rings (SSSR count). The van der Waals surface area contributed by atoms with Crippen molar-refractivity contribution in [1.29, 1.82) is 0 Å². The molecule has 23 heavy (non-hydrogen) atoms. The zero-order valence-corrected chi connectivity index (χ0v) is 14.9. The molecule has 0 saturated heterocycles. The van der Waals surface area contributed by atoms with E-state index in [1.165, 1.54) is 12.8 Å². The first-order valence-electron chi connectivity index (χ1n) is 9.03. The molecule has 1 aliphatic carbocycles. The predicted molar refractivity (Wildman–Crippen MR) is 94.1 cm³/mol. The minimum absolute atomic E-state index is 0.667. The van der Waals surface area contributed by atoms with Crippen molar-refractivity contribution in [3.63, 3.8) is 0 Å². The molecule has 0 heterocycles. The summed E-state index contributed by atoms with van der Waals surface area (Å²) in [6.07, 6.45) is 5.80. The lowest BCUT2D eigenvalue weighted by molar-refractivity contribution is 0.0689. The number of rotatable bonds is 15. The van der Waals surface area contributed by atoms with E-state index in [-0.39, 0.29) is 0 Å². The maximum atomic E-state index is 5.62. The van der Waals surface area contributed by atoms with Crippen LogP contribution in [0, 0.1) is 5.92 Å². The fourth-order valence-electron chi connectivity index (χ4n) is 2.01. The van der Waals surface area contributed by atoms with Crippen LogP contribution in [-0.4, -0.2) is 65.7 Å². The second-order valence-electron chi connectivity index (χ2n) is 5.87. The summed E-state index contributed by atoms with van der Waals surface area (Å²) in [7, 11) is 1.69. The lowest BCUT2D eigenvalue weighted by atomic mass is 10.3. The van der Waals surface area contributed by atoms with E-state index in [4.69, 9.17) is 14.2 Å². The Labute approximate surface area is 141 Å². The number of ether oxygens (including phenoxy) is 3. The van der Waals surface area contributed by atoms with Gasteiger partial charge in [-0.3, -0.25) is 4.99 Å². The number of hydrogen-bond acceptors (Lipinski definition) is 4. The largest absolute Gasteiger partial charge is 0.382 e. The Morgan fingerprint density at radius 2 is 1.83 bits per heavy atom. The number of nitrogens with zero attached hydrogens (tertiary/aromatic N) is 1. The third-order valence-corrected chi connectivity index (χ3v) is 3.55. The van der Waals surface area contributed by atoms with Crippen LogP contribution in [0.5, 0.6) is 0 Å². The maximum Gasteiger partial charge on any atom is 0.191 e. The van der Waals surface area contributed by atoms with Gasteiger partial charge in [-0.05, 0) is 44.9 Å². The quantitative estimate of drug-likeness (QED) is 0.272. The molecular weight excluding hydrogens is 294 g/mol. The van der Waals surface area contributed by atoms with Crippen molar-refractivity contribution in [2.24, 2.45) is 10.9 Å². The minimum Gasteiger partial charge on any atom is -0.382 e. The molecule has 0 aromatic rings. The van der Waals surface area contributed by atoms with Crippen LogP contribution in [0.25, 0.3) is 0 Å². The summed E-state index contributed by atoms with van der Waals surface area (Å²) in [5.74, 6) is 1.74. The van der Waals surface area contributed by atoms with Crippen LogP contribution in [0.2, 0.25) is 0 Å². The van der Waals surface area contributed by atoms with E-state index in [0.29, 0.717) is 13.2 Å². The molecular formula is C17H35N3O3. The molecule has 6 nitrogen and oxygen atoms in total. The van der Waals surface area contributed by atoms with Crippen LogP contribution in [0.15, 0.2) is 4.99 Å². The Hall–Kier alpha value is -0.850. The van der Waals surface area contributed by atoms with Gasteiger partial charge >= 0.3 is 0 Å². The summed E-state index contributed by atoms with van der Waals surface area (Å²) < 4.78 is 16.0. The van der Waals surface area contributed by atoms with Crippen LogP contribution in [0.1, 0.15) is 39.0 Å². The van der Waals surface area contributed by atoms with Gasteiger partial charge in [0.1, 0.15) is 0 Å². The third-order valence-electron chi connectivity index (χ3n) is 3.55. The lowest BCUT2D eigenvalue weighted by Gasteiger charge is -2.11. The topological polar surface area (TPSA) is 64.1 Å². The Morgan fingerprint density at radius 3 is 2.57 bits per heavy atom. The third kappa shape index (κ3) is 13.3. The number of hydrogen-bond donors (Lipinski definition) is 2. The smallest absolute Gasteiger partial charge is 0.191 e. The molecule has 1 aliphatic rings. The van der Waals surface area contributed by atoms with Gasteiger partial charge in [0, 0.05) is 46.6 Å². The van der Waals surface area contributed by atoms with E-state index in [2.05, 4.69) is 22.5 Å². The van der Waals surface area contributed by atoms with Crippen molar-refractivity contribution in [2.45, 2.75) is 39.0 Å². The highest BCUT2D eigenvalue weighted by Crippen LogP contribution is 2.28. The highest BCUT2D eigenvalue weighted by Gasteiger charge is 2.20. The summed E-state index contributed by atoms with van der Waals surface area (Å²) in [5, 5.41) is 6.63. The summed E-state index contributed by atoms with van der Waals surface area (Å²) >= 11 is 0. The van der Waals surface area contributed by atoms with Crippen LogP contribution in [0.3, 0.4) is 0 Å². The molecule has 1 saturated carbocycles. The highest BCUT2D eigenvalue weighted by atomic mass is 16.5. The molecule has 136 valence electrons. The summed E-state index contributed by atoms with van der Waals surface area (Å²) in [6, 6.07) is 0. The monoisotopic (exact) mass is 329 g/mol. The van der Waals surface area contributed by atoms with Gasteiger partial charge in [-0.2, -0.15) is 0 Å². The maximum absolute atomic E-state index is 5.62. The Balaban J connectivity index is 1.95. The van der Waals surface area contributed by atoms with E-state index < -0.39 is 0 Å². The van der Waals surface area contributed by atoms with Crippen molar-refractivity contribution in [3.05, 3.63) is 0 Å². The van der Waals surface area contributed by atoms with Gasteiger partial charge in [0.05, 0.1) is 13.2 Å². The van der Waals surface area contributed by atoms with Crippen LogP contribution < -0.4 is 10.6 Å². The van der Waals surface area contributed by atoms with Crippen molar-refractivity contribution in [1.82, 2.24) is 10.6 Å². The van der Waals surface area contributed by atoms with Gasteiger partial charge in [-0.25, -0.2) is 0 Å². The predicted octanol–water partition coefficient (Wildman–Crippen LogP) is 1.80. The van der Waals surface area contributed by atoms with Crippen molar-refractivity contribution < 1.29 is 14.2 Å². The van der Waals surface area contributed by atoms with Gasteiger partial charge < -0.3 is 24.8 Å². The molecule has 0 aromatic carbocycles. The van der Waals surface area contributed by atoms with Crippen LogP contribution in [-0.2, 0) is 14.2 Å². The number of guanidine groups is 1. The second kappa shape index (κ2) is 14.7. The SMILES string of the molecule is CCNC(=NCCCOCC1CC1)NCCCCOCCOC. The molecule has 0 aliphatic heterocycles. The normalized spacial score (nSPS) is 15.0. The molecule has 0 radical (unpaired) electrons. The molecule has 0 spiro atoms. The van der Waals surface area contributed by atoms with Gasteiger partial charge in [-0.15, -0.1) is 0 Å². The van der Waals surface area contributed by atoms with Gasteiger partial charge in [0.2, 0.25) is 0 Å². The molecule has 6 heteroatoms. The van der Waals surface area contributed by atoms with Crippen molar-refractivity contribution in [2.75, 3.05) is 59.8 Å². The Morgan fingerprint density at radius 1 is 1.00 bits per heavy atom. The standard InChI is InChI=1S/C17H35N3O3/c1-3-18-17(19-9-4-5-11-22-14-13-21-2)20-10-6-12-23-15-16-7-8-16/h16H,3-15H2,1-2H3,(H2,18,19,20). The van der Waals surface area contributed by atoms with E-state index in [0.717, 1.165) is 70.6 Å². The molecule has 2 N–H and O–H groups in total. The Kier molecular flexibility index (Phi) is 12.9. The van der Waals surface area contributed by atoms with Crippen molar-refractivity contribution >= 4 is 5.96 Å². The number of aliphatic imine (C=N–C) groups is 1. The van der Waals surface area contributed by atoms with Gasteiger partial charge in [-0.1, -0.05) is 0 Å². The first-order valence-corrected chi connectivity index (χ1v) is 9.03. The Bertz CT molecular complexity index is 297. The summed E-state index contributed by atoms with van der Waals surface area (Å²) in [6.45, 7) is 8.57. The number of methoxy groups -OCH3 is 1.